The lowest BCUT2D eigenvalue weighted by molar-refractivity contribution is -0.137. The molecule has 0 atom stereocenters. The molecule has 0 aromatic heterocycles. The number of nitrogens with one attached hydrogen (secondary N) is 1. The van der Waals surface area contributed by atoms with E-state index in [0.29, 0.717) is 5.57 Å². The predicted octanol–water partition coefficient (Wildman–Crippen LogP) is -0.237. The van der Waals surface area contributed by atoms with Crippen molar-refractivity contribution in [3.8, 4) is 0 Å². The molecule has 0 bridgehead atoms. The minimum Gasteiger partial charge on any atom is -0.480 e. The van der Waals surface area contributed by atoms with Crippen LogP contribution >= 0.6 is 0 Å². The Balaban J connectivity index is 3.60. The number of carboxylic acid groups (broad SMARTS) is 1. The first-order chi connectivity index (χ1) is 4.54. The van der Waals surface area contributed by atoms with Crippen LogP contribution in [-0.4, -0.2) is 23.5 Å². The second-order valence-corrected chi connectivity index (χ2v) is 1.86. The highest BCUT2D eigenvalue weighted by Gasteiger charge is 2.02. The van der Waals surface area contributed by atoms with Gasteiger partial charge in [0.05, 0.1) is 0 Å². The van der Waals surface area contributed by atoms with Gasteiger partial charge < -0.3 is 10.4 Å². The Morgan fingerprint density at radius 2 is 2.10 bits per heavy atom. The smallest absolute Gasteiger partial charge is 0.322 e. The molecule has 4 heteroatoms. The van der Waals surface area contributed by atoms with Crippen LogP contribution in [0.1, 0.15) is 6.92 Å². The Hall–Kier alpha value is -1.32. The van der Waals surface area contributed by atoms with Crippen molar-refractivity contribution < 1.29 is 14.7 Å². The molecule has 56 valence electrons. The molecular formula is C6H9NO3. The summed E-state index contributed by atoms with van der Waals surface area (Å²) < 4.78 is 0. The van der Waals surface area contributed by atoms with Crippen LogP contribution in [0.25, 0.3) is 0 Å². The molecular weight excluding hydrogens is 134 g/mol. The maximum atomic E-state index is 10.6. The van der Waals surface area contributed by atoms with E-state index in [-0.39, 0.29) is 6.54 Å². The van der Waals surface area contributed by atoms with E-state index in [1.54, 1.807) is 0 Å². The summed E-state index contributed by atoms with van der Waals surface area (Å²) >= 11 is 0. The molecule has 0 aromatic carbocycles. The Bertz CT molecular complexity index is 174. The van der Waals surface area contributed by atoms with E-state index >= 15 is 0 Å². The predicted molar refractivity (Wildman–Crippen MR) is 35.5 cm³/mol. The van der Waals surface area contributed by atoms with Crippen molar-refractivity contribution in [1.29, 1.82) is 0 Å². The van der Waals surface area contributed by atoms with E-state index < -0.39 is 11.9 Å². The van der Waals surface area contributed by atoms with Gasteiger partial charge in [-0.3, -0.25) is 9.59 Å². The average molecular weight is 143 g/mol. The highest BCUT2D eigenvalue weighted by molar-refractivity contribution is 5.93. The average Bonchev–Trinajstić information content (AvgIpc) is 1.82. The van der Waals surface area contributed by atoms with Gasteiger partial charge in [0.25, 0.3) is 0 Å². The molecule has 0 heterocycles. The van der Waals surface area contributed by atoms with E-state index in [0.717, 1.165) is 0 Å². The maximum Gasteiger partial charge on any atom is 0.322 e. The van der Waals surface area contributed by atoms with Gasteiger partial charge in [0.2, 0.25) is 5.91 Å². The van der Waals surface area contributed by atoms with E-state index in [2.05, 4.69) is 11.9 Å². The van der Waals surface area contributed by atoms with Crippen LogP contribution in [0, 0.1) is 0 Å². The number of rotatable bonds is 3. The molecule has 0 unspecified atom stereocenters. The number of carboxylic acids is 1. The summed E-state index contributed by atoms with van der Waals surface area (Å²) in [5.74, 6) is -1.49. The summed E-state index contributed by atoms with van der Waals surface area (Å²) in [6, 6.07) is 0. The van der Waals surface area contributed by atoms with Gasteiger partial charge >= 0.3 is 5.97 Å². The van der Waals surface area contributed by atoms with Gasteiger partial charge in [0.1, 0.15) is 6.54 Å². The Kier molecular flexibility index (Phi) is 3.17. The third kappa shape index (κ3) is 3.65. The van der Waals surface area contributed by atoms with Crippen molar-refractivity contribution >= 4 is 11.9 Å². The van der Waals surface area contributed by atoms with E-state index in [9.17, 15) is 9.59 Å². The highest BCUT2D eigenvalue weighted by atomic mass is 16.4. The van der Waals surface area contributed by atoms with E-state index in [1.165, 1.54) is 6.92 Å². The summed E-state index contributed by atoms with van der Waals surface area (Å²) in [5, 5.41) is 10.2. The van der Waals surface area contributed by atoms with Crippen molar-refractivity contribution in [3.05, 3.63) is 12.2 Å². The van der Waals surface area contributed by atoms with Crippen molar-refractivity contribution in [1.82, 2.24) is 5.32 Å². The van der Waals surface area contributed by atoms with Gasteiger partial charge in [-0.2, -0.15) is 0 Å². The third-order valence-electron chi connectivity index (χ3n) is 0.788. The number of aliphatic carboxylic acids is 1. The van der Waals surface area contributed by atoms with E-state index in [4.69, 9.17) is 5.11 Å². The van der Waals surface area contributed by atoms with Crippen molar-refractivity contribution in [3.63, 3.8) is 0 Å². The first kappa shape index (κ1) is 8.68. The molecule has 0 aromatic rings. The zero-order chi connectivity index (χ0) is 8.15. The van der Waals surface area contributed by atoms with Crippen LogP contribution in [0.3, 0.4) is 0 Å². The molecule has 0 radical (unpaired) electrons. The zero-order valence-corrected chi connectivity index (χ0v) is 5.68. The van der Waals surface area contributed by atoms with Crippen LogP contribution in [-0.2, 0) is 9.59 Å². The number of carbonyl (C=O) groups is 2. The summed E-state index contributed by atoms with van der Waals surface area (Å²) in [6.07, 6.45) is 0. The quantitative estimate of drug-likeness (QED) is 0.536. The maximum absolute atomic E-state index is 10.6. The highest BCUT2D eigenvalue weighted by Crippen LogP contribution is 1.83. The largest absolute Gasteiger partial charge is 0.480 e. The van der Waals surface area contributed by atoms with Crippen molar-refractivity contribution in [2.75, 3.05) is 6.54 Å². The SMILES string of the molecule is C=C(C)C(=O)NCC(=O)O. The summed E-state index contributed by atoms with van der Waals surface area (Å²) in [7, 11) is 0. The Morgan fingerprint density at radius 3 is 2.40 bits per heavy atom. The topological polar surface area (TPSA) is 66.4 Å². The molecule has 0 saturated heterocycles. The summed E-state index contributed by atoms with van der Waals surface area (Å²) in [4.78, 5) is 20.5. The molecule has 2 N–H and O–H groups in total. The molecule has 0 aliphatic rings. The first-order valence-electron chi connectivity index (χ1n) is 2.69. The number of hydrogen-bond acceptors (Lipinski definition) is 2. The van der Waals surface area contributed by atoms with Gasteiger partial charge in [0.15, 0.2) is 0 Å². The van der Waals surface area contributed by atoms with Crippen molar-refractivity contribution in [2.24, 2.45) is 0 Å². The molecule has 0 aliphatic heterocycles. The fourth-order valence-electron chi connectivity index (χ4n) is 0.307. The number of hydrogen-bond donors (Lipinski definition) is 2. The van der Waals surface area contributed by atoms with Gasteiger partial charge in [-0.05, 0) is 6.92 Å². The number of carbonyl (C=O) groups excluding carboxylic acids is 1. The fourth-order valence-corrected chi connectivity index (χ4v) is 0.307. The van der Waals surface area contributed by atoms with Crippen LogP contribution in [0.15, 0.2) is 12.2 Å². The van der Waals surface area contributed by atoms with Gasteiger partial charge in [-0.15, -0.1) is 0 Å². The molecule has 10 heavy (non-hydrogen) atoms. The second-order valence-electron chi connectivity index (χ2n) is 1.86. The minimum absolute atomic E-state index is 0.307. The van der Waals surface area contributed by atoms with Gasteiger partial charge in [-0.25, -0.2) is 0 Å². The van der Waals surface area contributed by atoms with Gasteiger partial charge in [0, 0.05) is 5.57 Å². The van der Waals surface area contributed by atoms with E-state index in [1.807, 2.05) is 0 Å². The molecule has 1 amide bonds. The van der Waals surface area contributed by atoms with Gasteiger partial charge in [-0.1, -0.05) is 6.58 Å². The van der Waals surface area contributed by atoms with Crippen LogP contribution in [0.5, 0.6) is 0 Å². The lowest BCUT2D eigenvalue weighted by Crippen LogP contribution is -2.29. The number of amides is 1. The first-order valence-corrected chi connectivity index (χ1v) is 2.69. The van der Waals surface area contributed by atoms with Crippen LogP contribution in [0.2, 0.25) is 0 Å². The molecule has 0 saturated carbocycles. The molecule has 0 rings (SSSR count). The Morgan fingerprint density at radius 1 is 1.60 bits per heavy atom. The molecule has 4 nitrogen and oxygen atoms in total. The summed E-state index contributed by atoms with van der Waals surface area (Å²) in [5.41, 5.74) is 0.307. The minimum atomic E-state index is -1.06. The van der Waals surface area contributed by atoms with Crippen molar-refractivity contribution in [2.45, 2.75) is 6.92 Å². The Labute approximate surface area is 58.5 Å². The molecule has 0 aliphatic carbocycles. The monoisotopic (exact) mass is 143 g/mol. The fraction of sp³-hybridized carbons (Fsp3) is 0.333. The summed E-state index contributed by atoms with van der Waals surface area (Å²) in [6.45, 7) is 4.48. The lowest BCUT2D eigenvalue weighted by Gasteiger charge is -1.98. The third-order valence-corrected chi connectivity index (χ3v) is 0.788. The molecule has 0 spiro atoms. The zero-order valence-electron chi connectivity index (χ0n) is 5.68. The lowest BCUT2D eigenvalue weighted by atomic mass is 10.3. The van der Waals surface area contributed by atoms with Crippen LogP contribution in [0.4, 0.5) is 0 Å². The molecule has 0 fully saturated rings. The normalized spacial score (nSPS) is 8.50. The second kappa shape index (κ2) is 3.66. The van der Waals surface area contributed by atoms with Crippen LogP contribution < -0.4 is 5.32 Å². The standard InChI is InChI=1S/C6H9NO3/c1-4(2)6(10)7-3-5(8)9/h1,3H2,2H3,(H,7,10)(H,8,9).